The molecular weight excluding hydrogens is 418 g/mol. The molecule has 3 aliphatic heterocycles. The van der Waals surface area contributed by atoms with Crippen LogP contribution in [-0.2, 0) is 20.7 Å². The molecule has 4 fully saturated rings. The number of carbonyl (C=O) groups is 1. The molecule has 0 N–H and O–H groups in total. The van der Waals surface area contributed by atoms with Gasteiger partial charge in [-0.2, -0.15) is 0 Å². The van der Waals surface area contributed by atoms with Crippen molar-refractivity contribution in [2.75, 3.05) is 27.3 Å². The Kier molecular flexibility index (Phi) is 4.84. The van der Waals surface area contributed by atoms with Crippen molar-refractivity contribution < 1.29 is 23.7 Å². The summed E-state index contributed by atoms with van der Waals surface area (Å²) in [6, 6.07) is 4.42. The van der Waals surface area contributed by atoms with Crippen LogP contribution in [-0.4, -0.2) is 56.0 Å². The Morgan fingerprint density at radius 1 is 1.18 bits per heavy atom. The van der Waals surface area contributed by atoms with Crippen molar-refractivity contribution in [2.45, 2.75) is 76.7 Å². The number of carbonyl (C=O) groups excluding carboxylic acids is 1. The Bertz CT molecular complexity index is 980. The second-order valence-electron chi connectivity index (χ2n) is 11.4. The van der Waals surface area contributed by atoms with Crippen LogP contribution in [0.25, 0.3) is 0 Å². The quantitative estimate of drug-likeness (QED) is 0.502. The second kappa shape index (κ2) is 7.35. The molecule has 3 heterocycles. The monoisotopic (exact) mass is 455 g/mol. The third-order valence-corrected chi connectivity index (χ3v) is 9.94. The van der Waals surface area contributed by atoms with E-state index < -0.39 is 0 Å². The first-order chi connectivity index (χ1) is 15.8. The van der Waals surface area contributed by atoms with Crippen LogP contribution < -0.4 is 9.47 Å². The van der Waals surface area contributed by atoms with E-state index in [9.17, 15) is 4.79 Å². The van der Waals surface area contributed by atoms with E-state index >= 15 is 0 Å². The summed E-state index contributed by atoms with van der Waals surface area (Å²) in [6.45, 7) is 8.63. The van der Waals surface area contributed by atoms with Crippen molar-refractivity contribution in [1.29, 1.82) is 0 Å². The number of hydrogen-bond donors (Lipinski definition) is 0. The maximum atomic E-state index is 13.2. The van der Waals surface area contributed by atoms with E-state index in [1.54, 1.807) is 14.2 Å². The van der Waals surface area contributed by atoms with Gasteiger partial charge in [0.2, 0.25) is 0 Å². The Hall–Kier alpha value is -1.79. The standard InChI is InChI=1S/C27H37NO5/c1-15-7-6-9-26(3)13-22-23(24-27(15,26)33-24)19(25(29)32-22)14-28-10-8-17-11-20(30-4)21(31-5)12-18(17)16(28)2/h11-12,15-16,19,22-24H,6-10,13-14H2,1-5H3/t15-,16-,19?,22+,23+,24-,26+,27-/m0/s1. The van der Waals surface area contributed by atoms with Gasteiger partial charge in [0.05, 0.1) is 26.2 Å². The number of ether oxygens (including phenoxy) is 4. The lowest BCUT2D eigenvalue weighted by Gasteiger charge is -2.49. The molecule has 6 nitrogen and oxygen atoms in total. The van der Waals surface area contributed by atoms with Crippen LogP contribution in [0.15, 0.2) is 12.1 Å². The van der Waals surface area contributed by atoms with Crippen molar-refractivity contribution in [3.05, 3.63) is 23.3 Å². The molecule has 0 radical (unpaired) electrons. The third kappa shape index (κ3) is 2.89. The minimum Gasteiger partial charge on any atom is -0.493 e. The average molecular weight is 456 g/mol. The van der Waals surface area contributed by atoms with E-state index in [0.717, 1.165) is 37.4 Å². The molecule has 6 heteroatoms. The lowest BCUT2D eigenvalue weighted by Crippen LogP contribution is -2.54. The molecule has 2 saturated carbocycles. The third-order valence-electron chi connectivity index (χ3n) is 9.94. The molecule has 33 heavy (non-hydrogen) atoms. The van der Waals surface area contributed by atoms with Crippen molar-refractivity contribution >= 4 is 5.97 Å². The fourth-order valence-electron chi connectivity index (χ4n) is 8.14. The summed E-state index contributed by atoms with van der Waals surface area (Å²) >= 11 is 0. The van der Waals surface area contributed by atoms with Gasteiger partial charge in [-0.05, 0) is 61.8 Å². The van der Waals surface area contributed by atoms with Gasteiger partial charge < -0.3 is 18.9 Å². The minimum atomic E-state index is -0.109. The number of rotatable bonds is 4. The van der Waals surface area contributed by atoms with E-state index in [1.165, 1.54) is 30.4 Å². The molecule has 1 spiro atoms. The first-order valence-electron chi connectivity index (χ1n) is 12.7. The number of hydrogen-bond acceptors (Lipinski definition) is 6. The number of nitrogens with zero attached hydrogens (tertiary/aromatic N) is 1. The average Bonchev–Trinajstić information content (AvgIpc) is 3.48. The maximum absolute atomic E-state index is 13.2. The number of fused-ring (bicyclic) bond motifs is 3. The molecule has 5 aliphatic rings. The molecular formula is C27H37NO5. The fourth-order valence-corrected chi connectivity index (χ4v) is 8.14. The maximum Gasteiger partial charge on any atom is 0.311 e. The van der Waals surface area contributed by atoms with Gasteiger partial charge in [0, 0.05) is 30.5 Å². The van der Waals surface area contributed by atoms with Gasteiger partial charge in [-0.1, -0.05) is 20.3 Å². The molecule has 0 aromatic heterocycles. The summed E-state index contributed by atoms with van der Waals surface area (Å²) in [5, 5.41) is 0. The lowest BCUT2D eigenvalue weighted by molar-refractivity contribution is -0.146. The van der Waals surface area contributed by atoms with Crippen LogP contribution in [0.3, 0.4) is 0 Å². The molecule has 0 amide bonds. The molecule has 2 saturated heterocycles. The van der Waals surface area contributed by atoms with E-state index in [0.29, 0.717) is 5.92 Å². The van der Waals surface area contributed by atoms with Crippen LogP contribution in [0.4, 0.5) is 0 Å². The van der Waals surface area contributed by atoms with Crippen LogP contribution in [0, 0.1) is 23.2 Å². The normalized spacial score (nSPS) is 43.6. The molecule has 8 atom stereocenters. The number of epoxide rings is 1. The molecule has 1 aromatic rings. The Morgan fingerprint density at radius 3 is 2.70 bits per heavy atom. The van der Waals surface area contributed by atoms with Crippen LogP contribution in [0.1, 0.15) is 63.6 Å². The van der Waals surface area contributed by atoms with Crippen LogP contribution in [0.5, 0.6) is 11.5 Å². The molecule has 2 aliphatic carbocycles. The zero-order chi connectivity index (χ0) is 23.1. The van der Waals surface area contributed by atoms with E-state index in [-0.39, 0.29) is 47.1 Å². The van der Waals surface area contributed by atoms with Gasteiger partial charge >= 0.3 is 5.97 Å². The summed E-state index contributed by atoms with van der Waals surface area (Å²) < 4.78 is 23.7. The number of methoxy groups -OCH3 is 2. The zero-order valence-electron chi connectivity index (χ0n) is 20.6. The lowest BCUT2D eigenvalue weighted by atomic mass is 9.53. The Balaban J connectivity index is 1.25. The van der Waals surface area contributed by atoms with E-state index in [2.05, 4.69) is 37.8 Å². The molecule has 1 unspecified atom stereocenters. The topological polar surface area (TPSA) is 60.5 Å². The zero-order valence-corrected chi connectivity index (χ0v) is 20.6. The SMILES string of the molecule is COc1cc2c(cc1OC)[C@H](C)N(CC1C(=O)O[C@@H]3C[C@@]4(C)CCC[C@H](C)[C@@]45O[C@H]5[C@H]13)CC2. The van der Waals surface area contributed by atoms with Gasteiger partial charge in [0.15, 0.2) is 11.5 Å². The smallest absolute Gasteiger partial charge is 0.311 e. The van der Waals surface area contributed by atoms with Crippen molar-refractivity contribution in [1.82, 2.24) is 4.90 Å². The molecule has 6 rings (SSSR count). The van der Waals surface area contributed by atoms with Crippen LogP contribution >= 0.6 is 0 Å². The van der Waals surface area contributed by atoms with Gasteiger partial charge in [0.25, 0.3) is 0 Å². The summed E-state index contributed by atoms with van der Waals surface area (Å²) in [6.07, 6.45) is 5.74. The fraction of sp³-hybridized carbons (Fsp3) is 0.741. The Morgan fingerprint density at radius 2 is 1.94 bits per heavy atom. The minimum absolute atomic E-state index is 0.00941. The summed E-state index contributed by atoms with van der Waals surface area (Å²) in [7, 11) is 3.36. The first kappa shape index (κ1) is 21.7. The van der Waals surface area contributed by atoms with Crippen LogP contribution in [0.2, 0.25) is 0 Å². The first-order valence-corrected chi connectivity index (χ1v) is 12.7. The summed E-state index contributed by atoms with van der Waals surface area (Å²) in [5.74, 6) is 2.16. The number of esters is 1. The summed E-state index contributed by atoms with van der Waals surface area (Å²) in [5.41, 5.74) is 2.66. The Labute approximate surface area is 196 Å². The highest BCUT2D eigenvalue weighted by molar-refractivity contribution is 5.76. The van der Waals surface area contributed by atoms with Crippen molar-refractivity contribution in [3.63, 3.8) is 0 Å². The second-order valence-corrected chi connectivity index (χ2v) is 11.4. The highest BCUT2D eigenvalue weighted by atomic mass is 16.6. The molecule has 1 aromatic carbocycles. The van der Waals surface area contributed by atoms with E-state index in [1.807, 2.05) is 0 Å². The van der Waals surface area contributed by atoms with Gasteiger partial charge in [-0.25, -0.2) is 0 Å². The van der Waals surface area contributed by atoms with Gasteiger partial charge in [0.1, 0.15) is 11.7 Å². The summed E-state index contributed by atoms with van der Waals surface area (Å²) in [4.78, 5) is 15.6. The predicted octanol–water partition coefficient (Wildman–Crippen LogP) is 4.15. The van der Waals surface area contributed by atoms with Crippen molar-refractivity contribution in [2.24, 2.45) is 23.2 Å². The molecule has 0 bridgehead atoms. The number of benzene rings is 1. The highest BCUT2D eigenvalue weighted by Gasteiger charge is 2.78. The van der Waals surface area contributed by atoms with Crippen molar-refractivity contribution in [3.8, 4) is 11.5 Å². The van der Waals surface area contributed by atoms with E-state index in [4.69, 9.17) is 18.9 Å². The predicted molar refractivity (Wildman–Crippen MR) is 123 cm³/mol. The molecule has 180 valence electrons. The van der Waals surface area contributed by atoms with Gasteiger partial charge in [-0.3, -0.25) is 9.69 Å². The highest BCUT2D eigenvalue weighted by Crippen LogP contribution is 2.70. The van der Waals surface area contributed by atoms with Gasteiger partial charge in [-0.15, -0.1) is 0 Å². The largest absolute Gasteiger partial charge is 0.493 e.